The number of hydrogen-bond donors (Lipinski definition) is 1. The van der Waals surface area contributed by atoms with E-state index >= 15 is 0 Å². The van der Waals surface area contributed by atoms with Crippen molar-refractivity contribution in [3.63, 3.8) is 0 Å². The van der Waals surface area contributed by atoms with Crippen LogP contribution in [0.25, 0.3) is 0 Å². The van der Waals surface area contributed by atoms with E-state index in [1.165, 1.54) is 0 Å². The van der Waals surface area contributed by atoms with E-state index in [1.807, 2.05) is 7.05 Å². The lowest BCUT2D eigenvalue weighted by Crippen LogP contribution is -2.29. The Kier molecular flexibility index (Phi) is 6.90. The molecule has 0 aliphatic rings. The highest BCUT2D eigenvalue weighted by molar-refractivity contribution is 4.88. The SMILES string of the molecule is CCCOCc1noc(CC(CC(C)C)NC)n1. The summed E-state index contributed by atoms with van der Waals surface area (Å²) in [6, 6.07) is 0.384. The fraction of sp³-hybridized carbons (Fsp3) is 0.846. The third-order valence-corrected chi connectivity index (χ3v) is 2.67. The molecular formula is C13H25N3O2. The fourth-order valence-corrected chi connectivity index (χ4v) is 1.82. The Morgan fingerprint density at radius 2 is 2.17 bits per heavy atom. The third-order valence-electron chi connectivity index (χ3n) is 2.67. The Labute approximate surface area is 109 Å². The third kappa shape index (κ3) is 5.60. The number of nitrogens with zero attached hydrogens (tertiary/aromatic N) is 2. The van der Waals surface area contributed by atoms with Crippen molar-refractivity contribution in [2.75, 3.05) is 13.7 Å². The van der Waals surface area contributed by atoms with E-state index in [-0.39, 0.29) is 0 Å². The van der Waals surface area contributed by atoms with Crippen molar-refractivity contribution in [1.82, 2.24) is 15.5 Å². The minimum Gasteiger partial charge on any atom is -0.373 e. The Morgan fingerprint density at radius 1 is 1.39 bits per heavy atom. The first-order valence-corrected chi connectivity index (χ1v) is 6.72. The van der Waals surface area contributed by atoms with Crippen LogP contribution in [0.15, 0.2) is 4.52 Å². The van der Waals surface area contributed by atoms with E-state index in [4.69, 9.17) is 9.26 Å². The Balaban J connectivity index is 2.41. The Hall–Kier alpha value is -0.940. The van der Waals surface area contributed by atoms with Gasteiger partial charge in [0.05, 0.1) is 0 Å². The molecule has 0 radical (unpaired) electrons. The van der Waals surface area contributed by atoms with Gasteiger partial charge in [0.25, 0.3) is 0 Å². The molecule has 0 aliphatic carbocycles. The summed E-state index contributed by atoms with van der Waals surface area (Å²) in [5.41, 5.74) is 0. The standard InChI is InChI=1S/C13H25N3O2/c1-5-6-17-9-12-15-13(18-16-12)8-11(14-4)7-10(2)3/h10-11,14H,5-9H2,1-4H3. The summed E-state index contributed by atoms with van der Waals surface area (Å²) in [6.07, 6.45) is 2.87. The molecular weight excluding hydrogens is 230 g/mol. The zero-order chi connectivity index (χ0) is 13.4. The van der Waals surface area contributed by atoms with E-state index in [2.05, 4.69) is 36.2 Å². The van der Waals surface area contributed by atoms with Crippen LogP contribution in [0.3, 0.4) is 0 Å². The molecule has 18 heavy (non-hydrogen) atoms. The molecule has 0 amide bonds. The minimum absolute atomic E-state index is 0.384. The number of hydrogen-bond acceptors (Lipinski definition) is 5. The van der Waals surface area contributed by atoms with Gasteiger partial charge in [0, 0.05) is 19.1 Å². The van der Waals surface area contributed by atoms with Gasteiger partial charge in [0.1, 0.15) is 6.61 Å². The van der Waals surface area contributed by atoms with Crippen LogP contribution in [0.5, 0.6) is 0 Å². The average molecular weight is 255 g/mol. The lowest BCUT2D eigenvalue weighted by molar-refractivity contribution is 0.114. The van der Waals surface area contributed by atoms with Crippen LogP contribution in [0.4, 0.5) is 0 Å². The van der Waals surface area contributed by atoms with Crippen molar-refractivity contribution >= 4 is 0 Å². The minimum atomic E-state index is 0.384. The highest BCUT2D eigenvalue weighted by Crippen LogP contribution is 2.10. The molecule has 0 fully saturated rings. The molecule has 5 heteroatoms. The Morgan fingerprint density at radius 3 is 2.78 bits per heavy atom. The molecule has 0 saturated heterocycles. The summed E-state index contributed by atoms with van der Waals surface area (Å²) >= 11 is 0. The van der Waals surface area contributed by atoms with E-state index in [9.17, 15) is 0 Å². The van der Waals surface area contributed by atoms with E-state index in [0.29, 0.717) is 30.3 Å². The molecule has 0 spiro atoms. The summed E-state index contributed by atoms with van der Waals surface area (Å²) in [7, 11) is 1.97. The monoisotopic (exact) mass is 255 g/mol. The van der Waals surface area contributed by atoms with Crippen molar-refractivity contribution < 1.29 is 9.26 Å². The predicted molar refractivity (Wildman–Crippen MR) is 70.3 cm³/mol. The zero-order valence-corrected chi connectivity index (χ0v) is 11.9. The summed E-state index contributed by atoms with van der Waals surface area (Å²) < 4.78 is 10.6. The molecule has 1 unspecified atom stereocenters. The summed E-state index contributed by atoms with van der Waals surface area (Å²) in [5, 5.41) is 7.20. The maximum atomic E-state index is 5.38. The van der Waals surface area contributed by atoms with Gasteiger partial charge < -0.3 is 14.6 Å². The van der Waals surface area contributed by atoms with E-state index in [0.717, 1.165) is 25.9 Å². The van der Waals surface area contributed by atoms with Gasteiger partial charge in [-0.05, 0) is 25.8 Å². The molecule has 1 aromatic heterocycles. The van der Waals surface area contributed by atoms with Crippen LogP contribution >= 0.6 is 0 Å². The van der Waals surface area contributed by atoms with Crippen LogP contribution in [0, 0.1) is 5.92 Å². The summed E-state index contributed by atoms with van der Waals surface area (Å²) in [5.74, 6) is 1.97. The smallest absolute Gasteiger partial charge is 0.228 e. The van der Waals surface area contributed by atoms with Crippen molar-refractivity contribution in [3.8, 4) is 0 Å². The molecule has 1 N–H and O–H groups in total. The quantitative estimate of drug-likeness (QED) is 0.685. The van der Waals surface area contributed by atoms with E-state index in [1.54, 1.807) is 0 Å². The highest BCUT2D eigenvalue weighted by atomic mass is 16.5. The van der Waals surface area contributed by atoms with Crippen LogP contribution in [0.2, 0.25) is 0 Å². The fourth-order valence-electron chi connectivity index (χ4n) is 1.82. The Bertz CT molecular complexity index is 326. The molecule has 1 aromatic rings. The lowest BCUT2D eigenvalue weighted by atomic mass is 10.0. The second-order valence-electron chi connectivity index (χ2n) is 4.98. The first-order valence-electron chi connectivity index (χ1n) is 6.72. The molecule has 0 aromatic carbocycles. The van der Waals surface area contributed by atoms with Crippen LogP contribution in [-0.2, 0) is 17.8 Å². The van der Waals surface area contributed by atoms with Crippen molar-refractivity contribution in [1.29, 1.82) is 0 Å². The van der Waals surface area contributed by atoms with Gasteiger partial charge in [0.2, 0.25) is 5.89 Å². The molecule has 1 heterocycles. The van der Waals surface area contributed by atoms with Gasteiger partial charge in [-0.25, -0.2) is 0 Å². The molecule has 0 saturated carbocycles. The van der Waals surface area contributed by atoms with Gasteiger partial charge >= 0.3 is 0 Å². The molecule has 104 valence electrons. The number of aromatic nitrogens is 2. The zero-order valence-electron chi connectivity index (χ0n) is 11.9. The summed E-state index contributed by atoms with van der Waals surface area (Å²) in [6.45, 7) is 7.66. The topological polar surface area (TPSA) is 60.2 Å². The molecule has 0 aliphatic heterocycles. The number of ether oxygens (including phenoxy) is 1. The van der Waals surface area contributed by atoms with Gasteiger partial charge in [0.15, 0.2) is 5.82 Å². The highest BCUT2D eigenvalue weighted by Gasteiger charge is 2.14. The maximum absolute atomic E-state index is 5.38. The van der Waals surface area contributed by atoms with Crippen molar-refractivity contribution in [2.24, 2.45) is 5.92 Å². The van der Waals surface area contributed by atoms with Gasteiger partial charge in [-0.3, -0.25) is 0 Å². The van der Waals surface area contributed by atoms with Crippen molar-refractivity contribution in [2.45, 2.75) is 52.7 Å². The maximum Gasteiger partial charge on any atom is 0.228 e. The number of nitrogens with one attached hydrogen (secondary N) is 1. The molecule has 1 atom stereocenters. The van der Waals surface area contributed by atoms with E-state index < -0.39 is 0 Å². The molecule has 5 nitrogen and oxygen atoms in total. The van der Waals surface area contributed by atoms with Gasteiger partial charge in [-0.1, -0.05) is 25.9 Å². The predicted octanol–water partition coefficient (Wildman–Crippen LogP) is 2.17. The average Bonchev–Trinajstić information content (AvgIpc) is 2.76. The number of likely N-dealkylation sites (N-methyl/N-ethyl adjacent to an activating group) is 1. The first-order chi connectivity index (χ1) is 8.65. The van der Waals surface area contributed by atoms with Crippen LogP contribution in [-0.4, -0.2) is 29.8 Å². The van der Waals surface area contributed by atoms with Gasteiger partial charge in [-0.15, -0.1) is 0 Å². The largest absolute Gasteiger partial charge is 0.373 e. The molecule has 0 bridgehead atoms. The normalized spacial score (nSPS) is 13.2. The second kappa shape index (κ2) is 8.21. The lowest BCUT2D eigenvalue weighted by Gasteiger charge is -2.15. The second-order valence-corrected chi connectivity index (χ2v) is 4.98. The van der Waals surface area contributed by atoms with Crippen LogP contribution < -0.4 is 5.32 Å². The van der Waals surface area contributed by atoms with Crippen molar-refractivity contribution in [3.05, 3.63) is 11.7 Å². The number of rotatable bonds is 9. The summed E-state index contributed by atoms with van der Waals surface area (Å²) in [4.78, 5) is 4.33. The first kappa shape index (κ1) is 15.1. The molecule has 1 rings (SSSR count). The van der Waals surface area contributed by atoms with Gasteiger partial charge in [-0.2, -0.15) is 4.98 Å². The van der Waals surface area contributed by atoms with Crippen LogP contribution in [0.1, 0.15) is 45.3 Å².